The Morgan fingerprint density at radius 1 is 1.25 bits per heavy atom. The molecule has 1 aliphatic rings. The number of benzene rings is 1. The number of aromatic nitrogens is 2. The van der Waals surface area contributed by atoms with Gasteiger partial charge in [0.2, 0.25) is 5.91 Å². The van der Waals surface area contributed by atoms with Crippen LogP contribution in [0.25, 0.3) is 21.5 Å². The van der Waals surface area contributed by atoms with E-state index < -0.39 is 6.29 Å². The molecule has 2 atom stereocenters. The van der Waals surface area contributed by atoms with Crippen LogP contribution in [0.1, 0.15) is 37.1 Å². The smallest absolute Gasteiger partial charge is 0.292 e. The lowest BCUT2D eigenvalue weighted by molar-refractivity contribution is -0.126. The normalized spacial score (nSPS) is 18.8. The van der Waals surface area contributed by atoms with E-state index in [1.54, 1.807) is 28.2 Å². The Kier molecular flexibility index (Phi) is 5.28. The quantitative estimate of drug-likeness (QED) is 0.424. The fourth-order valence-electron chi connectivity index (χ4n) is 3.78. The summed E-state index contributed by atoms with van der Waals surface area (Å²) in [5, 5.41) is 16.8. The van der Waals surface area contributed by atoms with Crippen LogP contribution in [0.15, 0.2) is 58.3 Å². The van der Waals surface area contributed by atoms with E-state index in [9.17, 15) is 9.59 Å². The van der Waals surface area contributed by atoms with Gasteiger partial charge in [-0.1, -0.05) is 38.1 Å². The third-order valence-corrected chi connectivity index (χ3v) is 6.42. The Bertz CT molecular complexity index is 1240. The molecule has 2 amide bonds. The highest BCUT2D eigenvalue weighted by Gasteiger charge is 2.31. The molecule has 5 rings (SSSR count). The van der Waals surface area contributed by atoms with Crippen molar-refractivity contribution < 1.29 is 14.0 Å². The van der Waals surface area contributed by atoms with E-state index in [1.165, 1.54) is 0 Å². The molecule has 9 heteroatoms. The van der Waals surface area contributed by atoms with Gasteiger partial charge in [0.15, 0.2) is 12.0 Å². The monoisotopic (exact) mass is 449 g/mol. The number of rotatable bonds is 5. The summed E-state index contributed by atoms with van der Waals surface area (Å²) in [6.45, 7) is 4.13. The van der Waals surface area contributed by atoms with Crippen LogP contribution >= 0.6 is 11.3 Å². The summed E-state index contributed by atoms with van der Waals surface area (Å²) < 4.78 is 7.32. The fourth-order valence-corrected chi connectivity index (χ4v) is 4.46. The second-order valence-electron chi connectivity index (χ2n) is 8.13. The zero-order valence-electron chi connectivity index (χ0n) is 17.7. The number of carbonyl (C=O) groups is 2. The van der Waals surface area contributed by atoms with Gasteiger partial charge < -0.3 is 15.1 Å². The van der Waals surface area contributed by atoms with Crippen molar-refractivity contribution in [3.05, 3.63) is 59.7 Å². The van der Waals surface area contributed by atoms with Gasteiger partial charge in [0, 0.05) is 23.9 Å². The minimum atomic E-state index is -0.580. The number of amides is 2. The van der Waals surface area contributed by atoms with Crippen molar-refractivity contribution >= 4 is 39.9 Å². The van der Waals surface area contributed by atoms with Crippen LogP contribution in [0.3, 0.4) is 0 Å². The van der Waals surface area contributed by atoms with Gasteiger partial charge in [-0.3, -0.25) is 14.9 Å². The summed E-state index contributed by atoms with van der Waals surface area (Å²) in [5.74, 6) is 0.487. The zero-order chi connectivity index (χ0) is 22.2. The third kappa shape index (κ3) is 3.92. The SMILES string of the molecule is CC(C)C1CC(=O)NC(n2nc(-c3cccs3)cc2NC(=O)c2cc3ccccc3o2)N1. The van der Waals surface area contributed by atoms with Crippen molar-refractivity contribution in [1.82, 2.24) is 20.4 Å². The van der Waals surface area contributed by atoms with Crippen LogP contribution < -0.4 is 16.0 Å². The molecule has 4 heterocycles. The number of nitrogens with one attached hydrogen (secondary N) is 3. The Balaban J connectivity index is 1.49. The average molecular weight is 450 g/mol. The second-order valence-corrected chi connectivity index (χ2v) is 9.08. The maximum Gasteiger partial charge on any atom is 0.292 e. The summed E-state index contributed by atoms with van der Waals surface area (Å²) in [4.78, 5) is 26.3. The molecule has 1 aromatic carbocycles. The van der Waals surface area contributed by atoms with Crippen LogP contribution in [0, 0.1) is 5.92 Å². The number of carbonyl (C=O) groups excluding carboxylic acids is 2. The zero-order valence-corrected chi connectivity index (χ0v) is 18.5. The van der Waals surface area contributed by atoms with Gasteiger partial charge in [-0.2, -0.15) is 5.10 Å². The predicted molar refractivity (Wildman–Crippen MR) is 123 cm³/mol. The molecule has 0 spiro atoms. The lowest BCUT2D eigenvalue weighted by atomic mass is 9.99. The van der Waals surface area contributed by atoms with Gasteiger partial charge in [0.25, 0.3) is 5.91 Å². The summed E-state index contributed by atoms with van der Waals surface area (Å²) in [6, 6.07) is 14.9. The Morgan fingerprint density at radius 2 is 2.09 bits per heavy atom. The summed E-state index contributed by atoms with van der Waals surface area (Å²) in [7, 11) is 0. The molecule has 3 N–H and O–H groups in total. The maximum atomic E-state index is 13.0. The van der Waals surface area contributed by atoms with Crippen molar-refractivity contribution in [2.24, 2.45) is 5.92 Å². The highest BCUT2D eigenvalue weighted by Crippen LogP contribution is 2.29. The van der Waals surface area contributed by atoms with E-state index in [0.717, 1.165) is 10.3 Å². The molecule has 32 heavy (non-hydrogen) atoms. The van der Waals surface area contributed by atoms with E-state index in [-0.39, 0.29) is 29.5 Å². The minimum Gasteiger partial charge on any atom is -0.451 e. The van der Waals surface area contributed by atoms with Gasteiger partial charge in [-0.25, -0.2) is 4.68 Å². The number of thiophene rings is 1. The Hall–Kier alpha value is -3.43. The van der Waals surface area contributed by atoms with Crippen molar-refractivity contribution in [1.29, 1.82) is 0 Å². The first-order valence-corrected chi connectivity index (χ1v) is 11.3. The third-order valence-electron chi connectivity index (χ3n) is 5.52. The van der Waals surface area contributed by atoms with Gasteiger partial charge in [0.1, 0.15) is 17.1 Å². The van der Waals surface area contributed by atoms with E-state index in [1.807, 2.05) is 41.8 Å². The molecule has 2 unspecified atom stereocenters. The predicted octanol–water partition coefficient (Wildman–Crippen LogP) is 4.20. The number of hydrogen-bond donors (Lipinski definition) is 3. The maximum absolute atomic E-state index is 13.0. The number of anilines is 1. The summed E-state index contributed by atoms with van der Waals surface area (Å²) in [6.07, 6.45) is -0.184. The Morgan fingerprint density at radius 3 is 2.84 bits per heavy atom. The highest BCUT2D eigenvalue weighted by molar-refractivity contribution is 7.13. The molecule has 0 saturated carbocycles. The lowest BCUT2D eigenvalue weighted by Crippen LogP contribution is -2.55. The number of fused-ring (bicyclic) bond motifs is 1. The van der Waals surface area contributed by atoms with Gasteiger partial charge >= 0.3 is 0 Å². The largest absolute Gasteiger partial charge is 0.451 e. The van der Waals surface area contributed by atoms with Crippen LogP contribution in [-0.2, 0) is 4.79 Å². The van der Waals surface area contributed by atoms with Gasteiger partial charge in [-0.15, -0.1) is 11.3 Å². The van der Waals surface area contributed by atoms with Gasteiger partial charge in [0.05, 0.1) is 4.88 Å². The first-order chi connectivity index (χ1) is 15.5. The van der Waals surface area contributed by atoms with Gasteiger partial charge in [-0.05, 0) is 29.5 Å². The van der Waals surface area contributed by atoms with E-state index in [4.69, 9.17) is 9.52 Å². The first-order valence-electron chi connectivity index (χ1n) is 10.5. The van der Waals surface area contributed by atoms with Crippen LogP contribution in [0.4, 0.5) is 5.82 Å². The van der Waals surface area contributed by atoms with Crippen molar-refractivity contribution in [3.8, 4) is 10.6 Å². The Labute approximate surface area is 188 Å². The lowest BCUT2D eigenvalue weighted by Gasteiger charge is -2.34. The highest BCUT2D eigenvalue weighted by atomic mass is 32.1. The molecular formula is C23H23N5O3S. The topological polar surface area (TPSA) is 101 Å². The molecular weight excluding hydrogens is 426 g/mol. The van der Waals surface area contributed by atoms with E-state index in [0.29, 0.717) is 23.5 Å². The molecule has 3 aromatic heterocycles. The van der Waals surface area contributed by atoms with E-state index in [2.05, 4.69) is 29.8 Å². The first kappa shape index (κ1) is 20.5. The molecule has 164 valence electrons. The molecule has 1 aliphatic heterocycles. The molecule has 1 fully saturated rings. The number of furan rings is 1. The molecule has 0 bridgehead atoms. The molecule has 8 nitrogen and oxygen atoms in total. The summed E-state index contributed by atoms with van der Waals surface area (Å²) in [5.41, 5.74) is 1.36. The molecule has 0 radical (unpaired) electrons. The molecule has 4 aromatic rings. The second kappa shape index (κ2) is 8.25. The molecule has 1 saturated heterocycles. The number of hydrogen-bond acceptors (Lipinski definition) is 6. The van der Waals surface area contributed by atoms with Crippen molar-refractivity contribution in [2.45, 2.75) is 32.6 Å². The number of para-hydroxylation sites is 1. The summed E-state index contributed by atoms with van der Waals surface area (Å²) >= 11 is 1.55. The molecule has 0 aliphatic carbocycles. The fraction of sp³-hybridized carbons (Fsp3) is 0.261. The van der Waals surface area contributed by atoms with Crippen LogP contribution in [-0.4, -0.2) is 27.6 Å². The van der Waals surface area contributed by atoms with Crippen molar-refractivity contribution in [2.75, 3.05) is 5.32 Å². The van der Waals surface area contributed by atoms with Crippen LogP contribution in [0.5, 0.6) is 0 Å². The van der Waals surface area contributed by atoms with Crippen molar-refractivity contribution in [3.63, 3.8) is 0 Å². The van der Waals surface area contributed by atoms with E-state index >= 15 is 0 Å². The minimum absolute atomic E-state index is 0.00191. The average Bonchev–Trinajstić information content (AvgIpc) is 3.52. The van der Waals surface area contributed by atoms with Crippen LogP contribution in [0.2, 0.25) is 0 Å². The standard InChI is InChI=1S/C23H23N5O3S/c1-13(2)15-12-21(29)26-23(24-15)28-20(11-16(27-28)19-8-5-9-32-19)25-22(30)18-10-14-6-3-4-7-17(14)31-18/h3-11,13,15,23-24H,12H2,1-2H3,(H,25,30)(H,26,29). The number of nitrogens with zero attached hydrogens (tertiary/aromatic N) is 2.